The Bertz CT molecular complexity index is 404. The fraction of sp³-hybridized carbons (Fsp3) is 0.667. The Labute approximate surface area is 129 Å². The zero-order valence-corrected chi connectivity index (χ0v) is 13.1. The van der Waals surface area contributed by atoms with E-state index in [1.165, 1.54) is 57.4 Å². The second-order valence-electron chi connectivity index (χ2n) is 6.71. The summed E-state index contributed by atoms with van der Waals surface area (Å²) in [5.41, 5.74) is 7.24. The molecule has 0 atom stereocenters. The molecule has 1 aromatic carbocycles. The predicted molar refractivity (Wildman–Crippen MR) is 88.1 cm³/mol. The molecule has 2 fully saturated rings. The maximum absolute atomic E-state index is 5.79. The highest BCUT2D eigenvalue weighted by molar-refractivity contribution is 5.14. The highest BCUT2D eigenvalue weighted by Gasteiger charge is 2.27. The van der Waals surface area contributed by atoms with Crippen molar-refractivity contribution in [1.29, 1.82) is 0 Å². The average molecular weight is 287 g/mol. The maximum Gasteiger partial charge on any atom is 0.0233 e. The number of rotatable bonds is 4. The molecule has 3 heteroatoms. The minimum absolute atomic E-state index is 0.777. The van der Waals surface area contributed by atoms with Crippen LogP contribution in [0.25, 0.3) is 0 Å². The summed E-state index contributed by atoms with van der Waals surface area (Å²) < 4.78 is 0. The Hall–Kier alpha value is -0.900. The summed E-state index contributed by atoms with van der Waals surface area (Å²) in [6.45, 7) is 7.02. The third kappa shape index (κ3) is 4.06. The highest BCUT2D eigenvalue weighted by Crippen LogP contribution is 2.24. The molecule has 2 aliphatic rings. The van der Waals surface area contributed by atoms with Crippen molar-refractivity contribution in [3.8, 4) is 0 Å². The SMILES string of the molecule is NCC1CCN(C2CCN(Cc3ccccc3)CC2)CC1. The number of likely N-dealkylation sites (tertiary alicyclic amines) is 2. The predicted octanol–water partition coefficient (Wildman–Crippen LogP) is 2.32. The first kappa shape index (κ1) is 15.0. The molecule has 1 aromatic rings. The van der Waals surface area contributed by atoms with Crippen molar-refractivity contribution in [2.75, 3.05) is 32.7 Å². The van der Waals surface area contributed by atoms with Crippen LogP contribution in [-0.4, -0.2) is 48.6 Å². The third-order valence-electron chi connectivity index (χ3n) is 5.30. The molecule has 0 amide bonds. The lowest BCUT2D eigenvalue weighted by Gasteiger charge is -2.41. The summed E-state index contributed by atoms with van der Waals surface area (Å²) in [6, 6.07) is 11.7. The largest absolute Gasteiger partial charge is 0.330 e. The zero-order chi connectivity index (χ0) is 14.5. The molecule has 0 saturated carbocycles. The van der Waals surface area contributed by atoms with Crippen molar-refractivity contribution in [2.24, 2.45) is 11.7 Å². The van der Waals surface area contributed by atoms with Gasteiger partial charge in [-0.3, -0.25) is 4.90 Å². The second kappa shape index (κ2) is 7.39. The molecule has 2 saturated heterocycles. The molecule has 0 unspecified atom stereocenters. The highest BCUT2D eigenvalue weighted by atomic mass is 15.2. The molecular formula is C18H29N3. The summed E-state index contributed by atoms with van der Waals surface area (Å²) in [5.74, 6) is 0.777. The minimum atomic E-state index is 0.777. The lowest BCUT2D eigenvalue weighted by atomic mass is 9.93. The van der Waals surface area contributed by atoms with Gasteiger partial charge in [0, 0.05) is 12.6 Å². The van der Waals surface area contributed by atoms with E-state index < -0.39 is 0 Å². The summed E-state index contributed by atoms with van der Waals surface area (Å²) >= 11 is 0. The number of hydrogen-bond acceptors (Lipinski definition) is 3. The Morgan fingerprint density at radius 3 is 2.19 bits per heavy atom. The lowest BCUT2D eigenvalue weighted by Crippen LogP contribution is -2.48. The molecule has 3 rings (SSSR count). The quantitative estimate of drug-likeness (QED) is 0.922. The summed E-state index contributed by atoms with van der Waals surface area (Å²) in [5, 5.41) is 0. The van der Waals surface area contributed by atoms with Crippen LogP contribution >= 0.6 is 0 Å². The van der Waals surface area contributed by atoms with E-state index in [2.05, 4.69) is 40.1 Å². The molecule has 0 aromatic heterocycles. The van der Waals surface area contributed by atoms with Gasteiger partial charge >= 0.3 is 0 Å². The smallest absolute Gasteiger partial charge is 0.0233 e. The van der Waals surface area contributed by atoms with Crippen LogP contribution in [0, 0.1) is 5.92 Å². The standard InChI is InChI=1S/C18H29N3/c19-14-16-6-12-21(13-7-16)18-8-10-20(11-9-18)15-17-4-2-1-3-5-17/h1-5,16,18H,6-15,19H2. The number of nitrogens with two attached hydrogens (primary N) is 1. The summed E-state index contributed by atoms with van der Waals surface area (Å²) in [6.07, 6.45) is 5.28. The number of nitrogens with zero attached hydrogens (tertiary/aromatic N) is 2. The fourth-order valence-corrected chi connectivity index (χ4v) is 3.84. The molecule has 21 heavy (non-hydrogen) atoms. The van der Waals surface area contributed by atoms with Crippen LogP contribution in [0.5, 0.6) is 0 Å². The van der Waals surface area contributed by atoms with Crippen molar-refractivity contribution in [2.45, 2.75) is 38.3 Å². The van der Waals surface area contributed by atoms with Gasteiger partial charge in [-0.15, -0.1) is 0 Å². The third-order valence-corrected chi connectivity index (χ3v) is 5.30. The molecule has 0 bridgehead atoms. The van der Waals surface area contributed by atoms with E-state index in [4.69, 9.17) is 5.73 Å². The van der Waals surface area contributed by atoms with E-state index >= 15 is 0 Å². The van der Waals surface area contributed by atoms with E-state index in [1.54, 1.807) is 0 Å². The van der Waals surface area contributed by atoms with E-state index in [9.17, 15) is 0 Å². The summed E-state index contributed by atoms with van der Waals surface area (Å²) in [7, 11) is 0. The molecule has 0 radical (unpaired) electrons. The first-order chi connectivity index (χ1) is 10.3. The zero-order valence-electron chi connectivity index (χ0n) is 13.1. The first-order valence-corrected chi connectivity index (χ1v) is 8.55. The molecule has 0 spiro atoms. The second-order valence-corrected chi connectivity index (χ2v) is 6.71. The minimum Gasteiger partial charge on any atom is -0.330 e. The van der Waals surface area contributed by atoms with Gasteiger partial charge in [0.2, 0.25) is 0 Å². The Balaban J connectivity index is 1.43. The first-order valence-electron chi connectivity index (χ1n) is 8.55. The van der Waals surface area contributed by atoms with Crippen molar-refractivity contribution >= 4 is 0 Å². The van der Waals surface area contributed by atoms with E-state index in [0.717, 1.165) is 25.0 Å². The van der Waals surface area contributed by atoms with Crippen molar-refractivity contribution in [3.63, 3.8) is 0 Å². The molecule has 116 valence electrons. The monoisotopic (exact) mass is 287 g/mol. The molecule has 2 aliphatic heterocycles. The number of piperidine rings is 2. The van der Waals surface area contributed by atoms with Crippen LogP contribution in [0.15, 0.2) is 30.3 Å². The van der Waals surface area contributed by atoms with Crippen molar-refractivity contribution in [1.82, 2.24) is 9.80 Å². The molecule has 0 aliphatic carbocycles. The van der Waals surface area contributed by atoms with Gasteiger partial charge in [0.05, 0.1) is 0 Å². The molecule has 2 N–H and O–H groups in total. The van der Waals surface area contributed by atoms with Gasteiger partial charge in [0.25, 0.3) is 0 Å². The van der Waals surface area contributed by atoms with Crippen molar-refractivity contribution < 1.29 is 0 Å². The molecular weight excluding hydrogens is 258 g/mol. The van der Waals surface area contributed by atoms with E-state index in [-0.39, 0.29) is 0 Å². The normalized spacial score (nSPS) is 23.5. The van der Waals surface area contributed by atoms with Gasteiger partial charge in [0.1, 0.15) is 0 Å². The van der Waals surface area contributed by atoms with Gasteiger partial charge in [-0.1, -0.05) is 30.3 Å². The van der Waals surface area contributed by atoms with E-state index in [1.807, 2.05) is 0 Å². The van der Waals surface area contributed by atoms with Gasteiger partial charge < -0.3 is 10.6 Å². The van der Waals surface area contributed by atoms with Gasteiger partial charge in [-0.2, -0.15) is 0 Å². The maximum atomic E-state index is 5.79. The van der Waals surface area contributed by atoms with Gasteiger partial charge in [-0.05, 0) is 69.9 Å². The Morgan fingerprint density at radius 1 is 0.905 bits per heavy atom. The Morgan fingerprint density at radius 2 is 1.57 bits per heavy atom. The van der Waals surface area contributed by atoms with Gasteiger partial charge in [-0.25, -0.2) is 0 Å². The molecule has 2 heterocycles. The van der Waals surface area contributed by atoms with Gasteiger partial charge in [0.15, 0.2) is 0 Å². The Kier molecular flexibility index (Phi) is 5.28. The van der Waals surface area contributed by atoms with E-state index in [0.29, 0.717) is 0 Å². The molecule has 3 nitrogen and oxygen atoms in total. The topological polar surface area (TPSA) is 32.5 Å². The van der Waals surface area contributed by atoms with Crippen LogP contribution in [0.4, 0.5) is 0 Å². The van der Waals surface area contributed by atoms with Crippen LogP contribution in [0.2, 0.25) is 0 Å². The fourth-order valence-electron chi connectivity index (χ4n) is 3.84. The van der Waals surface area contributed by atoms with Crippen LogP contribution in [-0.2, 0) is 6.54 Å². The van der Waals surface area contributed by atoms with Crippen LogP contribution in [0.1, 0.15) is 31.2 Å². The number of hydrogen-bond donors (Lipinski definition) is 1. The average Bonchev–Trinajstić information content (AvgIpc) is 2.57. The lowest BCUT2D eigenvalue weighted by molar-refractivity contribution is 0.0765. The van der Waals surface area contributed by atoms with Crippen LogP contribution in [0.3, 0.4) is 0 Å². The summed E-state index contributed by atoms with van der Waals surface area (Å²) in [4.78, 5) is 5.34. The van der Waals surface area contributed by atoms with Crippen LogP contribution < -0.4 is 5.73 Å². The number of benzene rings is 1. The van der Waals surface area contributed by atoms with Crippen molar-refractivity contribution in [3.05, 3.63) is 35.9 Å².